The Morgan fingerprint density at radius 3 is 2.53 bits per heavy atom. The summed E-state index contributed by atoms with van der Waals surface area (Å²) in [4.78, 5) is 2.72. The van der Waals surface area contributed by atoms with Gasteiger partial charge in [0.25, 0.3) is 0 Å². The largest absolute Gasteiger partial charge is 0.312 e. The molecule has 1 aliphatic heterocycles. The van der Waals surface area contributed by atoms with Crippen LogP contribution in [0.1, 0.15) is 59.3 Å². The highest BCUT2D eigenvalue weighted by Crippen LogP contribution is 2.25. The summed E-state index contributed by atoms with van der Waals surface area (Å²) in [5.74, 6) is 0.873. The Labute approximate surface area is 107 Å². The third kappa shape index (κ3) is 3.45. The summed E-state index contributed by atoms with van der Waals surface area (Å²) in [6, 6.07) is 2.28. The van der Waals surface area contributed by atoms with Crippen LogP contribution in [0.5, 0.6) is 0 Å². The molecule has 0 bridgehead atoms. The number of rotatable bonds is 4. The maximum absolute atomic E-state index is 3.77. The van der Waals surface area contributed by atoms with E-state index in [1.807, 2.05) is 0 Å². The van der Waals surface area contributed by atoms with E-state index in [0.29, 0.717) is 6.04 Å². The van der Waals surface area contributed by atoms with Crippen LogP contribution in [-0.2, 0) is 0 Å². The number of likely N-dealkylation sites (tertiary alicyclic amines) is 1. The molecule has 2 nitrogen and oxygen atoms in total. The molecule has 2 fully saturated rings. The first kappa shape index (κ1) is 13.4. The third-order valence-electron chi connectivity index (χ3n) is 5.05. The standard InChI is InChI=1S/C15H30N2/c1-12-7-6-10-17(14(12)3)13(2)11-16-15-8-4-5-9-15/h12-16H,4-11H2,1-3H3. The molecule has 3 unspecified atom stereocenters. The number of nitrogens with zero attached hydrogens (tertiary/aromatic N) is 1. The monoisotopic (exact) mass is 238 g/mol. The average Bonchev–Trinajstić information content (AvgIpc) is 2.82. The zero-order chi connectivity index (χ0) is 12.3. The van der Waals surface area contributed by atoms with Gasteiger partial charge in [-0.1, -0.05) is 19.8 Å². The van der Waals surface area contributed by atoms with E-state index in [2.05, 4.69) is 31.0 Å². The Bertz CT molecular complexity index is 223. The molecule has 3 atom stereocenters. The van der Waals surface area contributed by atoms with Crippen LogP contribution in [0.2, 0.25) is 0 Å². The number of piperidine rings is 1. The Balaban J connectivity index is 1.75. The molecule has 1 N–H and O–H groups in total. The molecular weight excluding hydrogens is 208 g/mol. The van der Waals surface area contributed by atoms with Gasteiger partial charge >= 0.3 is 0 Å². The fourth-order valence-corrected chi connectivity index (χ4v) is 3.57. The maximum Gasteiger partial charge on any atom is 0.0195 e. The van der Waals surface area contributed by atoms with Gasteiger partial charge in [-0.05, 0) is 52.0 Å². The molecular formula is C15H30N2. The van der Waals surface area contributed by atoms with Crippen molar-refractivity contribution in [1.82, 2.24) is 10.2 Å². The topological polar surface area (TPSA) is 15.3 Å². The first-order valence-electron chi connectivity index (χ1n) is 7.67. The van der Waals surface area contributed by atoms with E-state index >= 15 is 0 Å². The lowest BCUT2D eigenvalue weighted by atomic mass is 9.91. The van der Waals surface area contributed by atoms with Crippen LogP contribution in [0.15, 0.2) is 0 Å². The molecule has 2 aliphatic rings. The number of nitrogens with one attached hydrogen (secondary N) is 1. The maximum atomic E-state index is 3.77. The van der Waals surface area contributed by atoms with Crippen LogP contribution < -0.4 is 5.32 Å². The summed E-state index contributed by atoms with van der Waals surface area (Å²) >= 11 is 0. The zero-order valence-electron chi connectivity index (χ0n) is 11.9. The van der Waals surface area contributed by atoms with Gasteiger partial charge in [0, 0.05) is 24.7 Å². The average molecular weight is 238 g/mol. The van der Waals surface area contributed by atoms with E-state index in [1.165, 1.54) is 51.6 Å². The summed E-state index contributed by atoms with van der Waals surface area (Å²) in [7, 11) is 0. The quantitative estimate of drug-likeness (QED) is 0.810. The van der Waals surface area contributed by atoms with Crippen LogP contribution in [0.4, 0.5) is 0 Å². The van der Waals surface area contributed by atoms with Crippen LogP contribution in [0, 0.1) is 5.92 Å². The fraction of sp³-hybridized carbons (Fsp3) is 1.00. The van der Waals surface area contributed by atoms with Crippen LogP contribution >= 0.6 is 0 Å². The lowest BCUT2D eigenvalue weighted by Crippen LogP contribution is -2.51. The molecule has 0 spiro atoms. The van der Waals surface area contributed by atoms with Gasteiger partial charge in [0.05, 0.1) is 0 Å². The number of hydrogen-bond acceptors (Lipinski definition) is 2. The molecule has 1 saturated heterocycles. The molecule has 1 saturated carbocycles. The SMILES string of the molecule is CC1CCCN(C(C)CNC2CCCC2)C1C. The molecule has 2 heteroatoms. The zero-order valence-corrected chi connectivity index (χ0v) is 11.9. The second kappa shape index (κ2) is 6.19. The minimum atomic E-state index is 0.702. The van der Waals surface area contributed by atoms with Crippen molar-refractivity contribution >= 4 is 0 Å². The summed E-state index contributed by atoms with van der Waals surface area (Å²) in [6.07, 6.45) is 8.48. The van der Waals surface area contributed by atoms with Gasteiger partial charge in [-0.2, -0.15) is 0 Å². The summed E-state index contributed by atoms with van der Waals surface area (Å²) in [6.45, 7) is 9.71. The van der Waals surface area contributed by atoms with E-state index in [4.69, 9.17) is 0 Å². The summed E-state index contributed by atoms with van der Waals surface area (Å²) in [5.41, 5.74) is 0. The van der Waals surface area contributed by atoms with E-state index < -0.39 is 0 Å². The molecule has 1 heterocycles. The molecule has 0 aromatic carbocycles. The van der Waals surface area contributed by atoms with Gasteiger partial charge in [-0.3, -0.25) is 4.90 Å². The van der Waals surface area contributed by atoms with Crippen molar-refractivity contribution in [3.05, 3.63) is 0 Å². The molecule has 17 heavy (non-hydrogen) atoms. The number of hydrogen-bond donors (Lipinski definition) is 1. The van der Waals surface area contributed by atoms with E-state index in [0.717, 1.165) is 18.0 Å². The highest BCUT2D eigenvalue weighted by molar-refractivity contribution is 4.84. The van der Waals surface area contributed by atoms with Gasteiger partial charge in [-0.25, -0.2) is 0 Å². The van der Waals surface area contributed by atoms with Crippen LogP contribution in [0.3, 0.4) is 0 Å². The minimum absolute atomic E-state index is 0.702. The van der Waals surface area contributed by atoms with E-state index in [-0.39, 0.29) is 0 Å². The Kier molecular flexibility index (Phi) is 4.87. The molecule has 0 radical (unpaired) electrons. The van der Waals surface area contributed by atoms with Crippen molar-refractivity contribution in [2.45, 2.75) is 77.4 Å². The molecule has 1 aliphatic carbocycles. The highest BCUT2D eigenvalue weighted by Gasteiger charge is 2.28. The van der Waals surface area contributed by atoms with Gasteiger partial charge < -0.3 is 5.32 Å². The Morgan fingerprint density at radius 1 is 1.12 bits per heavy atom. The third-order valence-corrected chi connectivity index (χ3v) is 5.05. The molecule has 2 rings (SSSR count). The van der Waals surface area contributed by atoms with Gasteiger partial charge in [0.2, 0.25) is 0 Å². The van der Waals surface area contributed by atoms with Gasteiger partial charge in [0.1, 0.15) is 0 Å². The summed E-state index contributed by atoms with van der Waals surface area (Å²) in [5, 5.41) is 3.77. The van der Waals surface area contributed by atoms with Crippen LogP contribution in [-0.4, -0.2) is 36.1 Å². The molecule has 0 amide bonds. The fourth-order valence-electron chi connectivity index (χ4n) is 3.57. The second-order valence-corrected chi connectivity index (χ2v) is 6.34. The molecule has 0 aromatic rings. The predicted octanol–water partition coefficient (Wildman–Crippen LogP) is 3.03. The Morgan fingerprint density at radius 2 is 1.82 bits per heavy atom. The molecule has 0 aromatic heterocycles. The molecule has 100 valence electrons. The van der Waals surface area contributed by atoms with E-state index in [9.17, 15) is 0 Å². The predicted molar refractivity (Wildman–Crippen MR) is 74.3 cm³/mol. The lowest BCUT2D eigenvalue weighted by Gasteiger charge is -2.42. The summed E-state index contributed by atoms with van der Waals surface area (Å²) < 4.78 is 0. The van der Waals surface area contributed by atoms with Crippen molar-refractivity contribution in [3.8, 4) is 0 Å². The first-order valence-corrected chi connectivity index (χ1v) is 7.67. The van der Waals surface area contributed by atoms with Crippen molar-refractivity contribution in [1.29, 1.82) is 0 Å². The van der Waals surface area contributed by atoms with Crippen LogP contribution in [0.25, 0.3) is 0 Å². The van der Waals surface area contributed by atoms with E-state index in [1.54, 1.807) is 0 Å². The van der Waals surface area contributed by atoms with Gasteiger partial charge in [-0.15, -0.1) is 0 Å². The lowest BCUT2D eigenvalue weighted by molar-refractivity contribution is 0.0740. The first-order chi connectivity index (χ1) is 8.18. The van der Waals surface area contributed by atoms with Crippen molar-refractivity contribution in [2.24, 2.45) is 5.92 Å². The normalized spacial score (nSPS) is 34.1. The van der Waals surface area contributed by atoms with Crippen molar-refractivity contribution < 1.29 is 0 Å². The highest BCUT2D eigenvalue weighted by atomic mass is 15.2. The smallest absolute Gasteiger partial charge is 0.0195 e. The van der Waals surface area contributed by atoms with Crippen molar-refractivity contribution in [2.75, 3.05) is 13.1 Å². The second-order valence-electron chi connectivity index (χ2n) is 6.34. The minimum Gasteiger partial charge on any atom is -0.312 e. The van der Waals surface area contributed by atoms with Gasteiger partial charge in [0.15, 0.2) is 0 Å². The Hall–Kier alpha value is -0.0800. The van der Waals surface area contributed by atoms with Crippen molar-refractivity contribution in [3.63, 3.8) is 0 Å².